The summed E-state index contributed by atoms with van der Waals surface area (Å²) in [6.07, 6.45) is -0.718. The monoisotopic (exact) mass is 437 g/mol. The third-order valence-electron chi connectivity index (χ3n) is 5.29. The Balaban J connectivity index is 2.08. The van der Waals surface area contributed by atoms with Crippen LogP contribution in [-0.2, 0) is 15.1 Å². The van der Waals surface area contributed by atoms with Gasteiger partial charge in [-0.1, -0.05) is 54.6 Å². The van der Waals surface area contributed by atoms with Crippen LogP contribution < -0.4 is 14.8 Å². The zero-order valence-corrected chi connectivity index (χ0v) is 18.8. The third-order valence-corrected chi connectivity index (χ3v) is 5.29. The number of aliphatic hydroxyl groups excluding tert-OH is 1. The van der Waals surface area contributed by atoms with Crippen molar-refractivity contribution in [3.63, 3.8) is 0 Å². The maximum atomic E-state index is 10.6. The second kappa shape index (κ2) is 11.6. The van der Waals surface area contributed by atoms with E-state index >= 15 is 0 Å². The maximum Gasteiger partial charge on any atom is 0.143 e. The van der Waals surface area contributed by atoms with E-state index in [1.54, 1.807) is 21.3 Å². The molecule has 0 fully saturated rings. The molecule has 2 N–H and O–H groups in total. The molecule has 0 bridgehead atoms. The Hall–Kier alpha value is -2.90. The normalized spacial score (nSPS) is 12.4. The van der Waals surface area contributed by atoms with Crippen molar-refractivity contribution in [2.45, 2.75) is 11.7 Å². The lowest BCUT2D eigenvalue weighted by molar-refractivity contribution is -0.0388. The molecular formula is C26H31NO5. The van der Waals surface area contributed by atoms with Crippen molar-refractivity contribution in [2.24, 2.45) is 0 Å². The van der Waals surface area contributed by atoms with Gasteiger partial charge in [0.2, 0.25) is 0 Å². The number of benzene rings is 3. The fourth-order valence-corrected chi connectivity index (χ4v) is 3.68. The predicted molar refractivity (Wildman–Crippen MR) is 124 cm³/mol. The molecule has 1 unspecified atom stereocenters. The Morgan fingerprint density at radius 2 is 1.25 bits per heavy atom. The van der Waals surface area contributed by atoms with Gasteiger partial charge in [-0.25, -0.2) is 0 Å². The van der Waals surface area contributed by atoms with Crippen molar-refractivity contribution in [2.75, 3.05) is 41.2 Å². The van der Waals surface area contributed by atoms with Crippen molar-refractivity contribution >= 4 is 0 Å². The molecule has 3 aromatic carbocycles. The van der Waals surface area contributed by atoms with Crippen molar-refractivity contribution in [3.8, 4) is 11.5 Å². The van der Waals surface area contributed by atoms with Crippen molar-refractivity contribution in [1.82, 2.24) is 5.32 Å². The van der Waals surface area contributed by atoms with Gasteiger partial charge in [-0.2, -0.15) is 0 Å². The number of ether oxygens (including phenoxy) is 4. The summed E-state index contributed by atoms with van der Waals surface area (Å²) >= 11 is 0. The fourth-order valence-electron chi connectivity index (χ4n) is 3.68. The van der Waals surface area contributed by atoms with Crippen LogP contribution in [0.3, 0.4) is 0 Å². The lowest BCUT2D eigenvalue weighted by Crippen LogP contribution is -2.38. The molecule has 0 spiro atoms. The van der Waals surface area contributed by atoms with Gasteiger partial charge in [0.15, 0.2) is 0 Å². The van der Waals surface area contributed by atoms with Crippen molar-refractivity contribution < 1.29 is 24.1 Å². The van der Waals surface area contributed by atoms with Gasteiger partial charge in [0, 0.05) is 13.7 Å². The number of nitrogens with one attached hydrogen (secondary N) is 1. The van der Waals surface area contributed by atoms with Crippen molar-refractivity contribution in [3.05, 3.63) is 95.6 Å². The largest absolute Gasteiger partial charge is 0.497 e. The first-order valence-electron chi connectivity index (χ1n) is 10.5. The second-order valence-electron chi connectivity index (χ2n) is 7.36. The molecule has 1 atom stereocenters. The summed E-state index contributed by atoms with van der Waals surface area (Å²) in [5.74, 6) is 1.52. The van der Waals surface area contributed by atoms with Gasteiger partial charge in [-0.05, 0) is 41.0 Å². The Morgan fingerprint density at radius 3 is 1.72 bits per heavy atom. The molecule has 6 heteroatoms. The molecule has 3 rings (SSSR count). The minimum absolute atomic E-state index is 0.115. The van der Waals surface area contributed by atoms with E-state index in [1.165, 1.54) is 0 Å². The van der Waals surface area contributed by atoms with Crippen LogP contribution >= 0.6 is 0 Å². The fraction of sp³-hybridized carbons (Fsp3) is 0.308. The molecule has 32 heavy (non-hydrogen) atoms. The third kappa shape index (κ3) is 5.47. The molecule has 0 saturated heterocycles. The highest BCUT2D eigenvalue weighted by atomic mass is 16.5. The molecule has 6 nitrogen and oxygen atoms in total. The summed E-state index contributed by atoms with van der Waals surface area (Å²) in [6.45, 7) is 0.825. The molecule has 0 saturated carbocycles. The van der Waals surface area contributed by atoms with Crippen LogP contribution in [0.25, 0.3) is 0 Å². The van der Waals surface area contributed by atoms with Gasteiger partial charge in [0.1, 0.15) is 17.1 Å². The van der Waals surface area contributed by atoms with Crippen LogP contribution in [0, 0.1) is 0 Å². The first kappa shape index (κ1) is 23.8. The van der Waals surface area contributed by atoms with E-state index in [2.05, 4.69) is 5.32 Å². The number of hydrogen-bond acceptors (Lipinski definition) is 6. The Kier molecular flexibility index (Phi) is 8.64. The quantitative estimate of drug-likeness (QED) is 0.257. The van der Waals surface area contributed by atoms with Crippen LogP contribution in [0.1, 0.15) is 16.7 Å². The molecule has 170 valence electrons. The van der Waals surface area contributed by atoms with E-state index in [4.69, 9.17) is 18.9 Å². The van der Waals surface area contributed by atoms with E-state index in [-0.39, 0.29) is 6.61 Å². The number of aliphatic hydroxyl groups is 1. The smallest absolute Gasteiger partial charge is 0.143 e. The van der Waals surface area contributed by atoms with E-state index in [0.717, 1.165) is 28.2 Å². The van der Waals surface area contributed by atoms with Gasteiger partial charge in [0.25, 0.3) is 0 Å². The van der Waals surface area contributed by atoms with Gasteiger partial charge >= 0.3 is 0 Å². The minimum atomic E-state index is -0.942. The summed E-state index contributed by atoms with van der Waals surface area (Å²) in [7, 11) is 4.88. The van der Waals surface area contributed by atoms with E-state index in [1.807, 2.05) is 78.9 Å². The average molecular weight is 438 g/mol. The Bertz CT molecular complexity index is 881. The summed E-state index contributed by atoms with van der Waals surface area (Å²) < 4.78 is 22.3. The van der Waals surface area contributed by atoms with Gasteiger partial charge in [-0.3, -0.25) is 5.32 Å². The van der Waals surface area contributed by atoms with Gasteiger partial charge in [-0.15, -0.1) is 0 Å². The van der Waals surface area contributed by atoms with Crippen LogP contribution in [0.15, 0.2) is 78.9 Å². The van der Waals surface area contributed by atoms with E-state index < -0.39 is 11.7 Å². The van der Waals surface area contributed by atoms with Crippen LogP contribution in [0.5, 0.6) is 11.5 Å². The van der Waals surface area contributed by atoms with Crippen LogP contribution in [0.2, 0.25) is 0 Å². The van der Waals surface area contributed by atoms with Gasteiger partial charge < -0.3 is 24.1 Å². The second-order valence-corrected chi connectivity index (χ2v) is 7.36. The molecule has 0 radical (unpaired) electrons. The highest BCUT2D eigenvalue weighted by Crippen LogP contribution is 2.41. The molecule has 3 aromatic rings. The highest BCUT2D eigenvalue weighted by Gasteiger charge is 2.38. The lowest BCUT2D eigenvalue weighted by Gasteiger charge is -2.36. The van der Waals surface area contributed by atoms with E-state index in [0.29, 0.717) is 13.3 Å². The highest BCUT2D eigenvalue weighted by molar-refractivity contribution is 5.49. The van der Waals surface area contributed by atoms with Gasteiger partial charge in [0.05, 0.1) is 33.7 Å². The zero-order chi connectivity index (χ0) is 22.8. The average Bonchev–Trinajstić information content (AvgIpc) is 2.86. The summed E-state index contributed by atoms with van der Waals surface area (Å²) in [5.41, 5.74) is 1.85. The molecule has 0 aliphatic carbocycles. The SMILES string of the molecule is COCNCC(O)COC(c1ccccc1)(c1ccc(OC)cc1)c1ccc(OC)cc1. The van der Waals surface area contributed by atoms with Crippen LogP contribution in [0.4, 0.5) is 0 Å². The topological polar surface area (TPSA) is 69.2 Å². The minimum Gasteiger partial charge on any atom is -0.497 e. The molecule has 0 amide bonds. The Morgan fingerprint density at radius 1 is 0.750 bits per heavy atom. The molecular weight excluding hydrogens is 406 g/mol. The molecule has 0 aliphatic heterocycles. The number of hydrogen-bond donors (Lipinski definition) is 2. The molecule has 0 aromatic heterocycles. The summed E-state index contributed by atoms with van der Waals surface area (Å²) in [4.78, 5) is 0. The standard InChI is InChI=1S/C26H31NO5/c1-29-19-27-17-23(28)18-32-26(20-7-5-4-6-8-20,21-9-13-24(30-2)14-10-21)22-11-15-25(31-3)16-12-22/h4-16,23,27-28H,17-19H2,1-3H3. The zero-order valence-electron chi connectivity index (χ0n) is 18.8. The van der Waals surface area contributed by atoms with Crippen LogP contribution in [-0.4, -0.2) is 52.4 Å². The molecule has 0 heterocycles. The Labute approximate surface area is 189 Å². The maximum absolute atomic E-state index is 10.6. The number of rotatable bonds is 12. The number of methoxy groups -OCH3 is 3. The molecule has 0 aliphatic rings. The van der Waals surface area contributed by atoms with Crippen molar-refractivity contribution in [1.29, 1.82) is 0 Å². The van der Waals surface area contributed by atoms with E-state index in [9.17, 15) is 5.11 Å². The first-order chi connectivity index (χ1) is 15.6. The predicted octanol–water partition coefficient (Wildman–Crippen LogP) is 3.57. The first-order valence-corrected chi connectivity index (χ1v) is 10.5. The summed E-state index contributed by atoms with van der Waals surface area (Å²) in [5, 5.41) is 13.6. The lowest BCUT2D eigenvalue weighted by atomic mass is 9.80. The summed E-state index contributed by atoms with van der Waals surface area (Å²) in [6, 6.07) is 25.6.